The standard InChI is InChI=1S/C13H12N4O2/c1-8(2)12-15-7-10(11(16-12)13(18)19)17-5-3-4-9(17)6-14/h3-5,7-8H,1-2H3,(H,18,19). The summed E-state index contributed by atoms with van der Waals surface area (Å²) in [5, 5.41) is 18.2. The topological polar surface area (TPSA) is 91.8 Å². The molecule has 0 aromatic carbocycles. The maximum atomic E-state index is 11.3. The van der Waals surface area contributed by atoms with Gasteiger partial charge < -0.3 is 9.67 Å². The van der Waals surface area contributed by atoms with Crippen LogP contribution in [0.3, 0.4) is 0 Å². The molecular weight excluding hydrogens is 244 g/mol. The minimum Gasteiger partial charge on any atom is -0.476 e. The van der Waals surface area contributed by atoms with Crippen LogP contribution in [0.5, 0.6) is 0 Å². The van der Waals surface area contributed by atoms with Crippen LogP contribution in [0.15, 0.2) is 24.5 Å². The van der Waals surface area contributed by atoms with E-state index in [0.717, 1.165) is 0 Å². The molecule has 0 fully saturated rings. The number of nitrogens with zero attached hydrogens (tertiary/aromatic N) is 4. The summed E-state index contributed by atoms with van der Waals surface area (Å²) in [5.74, 6) is -0.643. The number of hydrogen-bond acceptors (Lipinski definition) is 4. The molecule has 6 nitrogen and oxygen atoms in total. The third-order valence-electron chi connectivity index (χ3n) is 2.63. The smallest absolute Gasteiger partial charge is 0.356 e. The second kappa shape index (κ2) is 4.90. The van der Waals surface area contributed by atoms with E-state index in [0.29, 0.717) is 17.2 Å². The van der Waals surface area contributed by atoms with Crippen molar-refractivity contribution in [1.29, 1.82) is 5.26 Å². The molecule has 2 aromatic heterocycles. The molecule has 0 aliphatic heterocycles. The lowest BCUT2D eigenvalue weighted by Gasteiger charge is -2.10. The zero-order chi connectivity index (χ0) is 14.0. The molecule has 0 aliphatic rings. The summed E-state index contributed by atoms with van der Waals surface area (Å²) in [4.78, 5) is 19.5. The lowest BCUT2D eigenvalue weighted by molar-refractivity contribution is 0.0690. The lowest BCUT2D eigenvalue weighted by Crippen LogP contribution is -2.12. The SMILES string of the molecule is CC(C)c1ncc(-n2cccc2C#N)c(C(=O)O)n1. The number of carboxylic acid groups (broad SMARTS) is 1. The van der Waals surface area contributed by atoms with Crippen LogP contribution < -0.4 is 0 Å². The zero-order valence-electron chi connectivity index (χ0n) is 10.5. The molecule has 0 saturated carbocycles. The number of aromatic carboxylic acids is 1. The molecule has 19 heavy (non-hydrogen) atoms. The first-order valence-corrected chi connectivity index (χ1v) is 5.72. The van der Waals surface area contributed by atoms with Gasteiger partial charge in [-0.25, -0.2) is 14.8 Å². The predicted molar refractivity (Wildman–Crippen MR) is 67.1 cm³/mol. The Balaban J connectivity index is 2.64. The van der Waals surface area contributed by atoms with Crippen molar-refractivity contribution in [2.24, 2.45) is 0 Å². The van der Waals surface area contributed by atoms with Crippen molar-refractivity contribution in [3.63, 3.8) is 0 Å². The Labute approximate surface area is 110 Å². The maximum absolute atomic E-state index is 11.3. The lowest BCUT2D eigenvalue weighted by atomic mass is 10.2. The molecule has 0 unspecified atom stereocenters. The number of aromatic nitrogens is 3. The van der Waals surface area contributed by atoms with Crippen LogP contribution in [0.4, 0.5) is 0 Å². The molecule has 0 amide bonds. The van der Waals surface area contributed by atoms with Gasteiger partial charge >= 0.3 is 5.97 Å². The summed E-state index contributed by atoms with van der Waals surface area (Å²) in [5.41, 5.74) is 0.522. The Morgan fingerprint density at radius 3 is 2.84 bits per heavy atom. The third-order valence-corrected chi connectivity index (χ3v) is 2.63. The molecule has 0 saturated heterocycles. The maximum Gasteiger partial charge on any atom is 0.356 e. The van der Waals surface area contributed by atoms with Crippen molar-refractivity contribution in [3.05, 3.63) is 41.7 Å². The van der Waals surface area contributed by atoms with Crippen molar-refractivity contribution in [3.8, 4) is 11.8 Å². The van der Waals surface area contributed by atoms with Gasteiger partial charge in [0.1, 0.15) is 17.6 Å². The van der Waals surface area contributed by atoms with Crippen LogP contribution in [0.1, 0.15) is 41.8 Å². The fourth-order valence-electron chi connectivity index (χ4n) is 1.68. The molecule has 0 radical (unpaired) electrons. The highest BCUT2D eigenvalue weighted by Crippen LogP contribution is 2.18. The Morgan fingerprint density at radius 2 is 2.26 bits per heavy atom. The molecule has 1 N–H and O–H groups in total. The first kappa shape index (κ1) is 12.8. The van der Waals surface area contributed by atoms with Crippen LogP contribution in [0, 0.1) is 11.3 Å². The van der Waals surface area contributed by atoms with Gasteiger partial charge in [-0.3, -0.25) is 0 Å². The van der Waals surface area contributed by atoms with E-state index in [1.54, 1.807) is 18.3 Å². The summed E-state index contributed by atoms with van der Waals surface area (Å²) < 4.78 is 1.47. The van der Waals surface area contributed by atoms with Gasteiger partial charge in [0.2, 0.25) is 0 Å². The molecule has 2 heterocycles. The molecular formula is C13H12N4O2. The minimum absolute atomic E-state index is 0.0345. The number of hydrogen-bond donors (Lipinski definition) is 1. The van der Waals surface area contributed by atoms with Crippen LogP contribution in [0.25, 0.3) is 5.69 Å². The van der Waals surface area contributed by atoms with Crippen LogP contribution in [-0.2, 0) is 0 Å². The van der Waals surface area contributed by atoms with Gasteiger partial charge in [-0.1, -0.05) is 13.8 Å². The second-order valence-corrected chi connectivity index (χ2v) is 4.30. The Bertz CT molecular complexity index is 668. The Kier molecular flexibility index (Phi) is 3.29. The monoisotopic (exact) mass is 256 g/mol. The average Bonchev–Trinajstić information content (AvgIpc) is 2.85. The highest BCUT2D eigenvalue weighted by Gasteiger charge is 2.18. The summed E-state index contributed by atoms with van der Waals surface area (Å²) >= 11 is 0. The fraction of sp³-hybridized carbons (Fsp3) is 0.231. The first-order valence-electron chi connectivity index (χ1n) is 5.72. The van der Waals surface area contributed by atoms with Gasteiger partial charge in [0.15, 0.2) is 5.69 Å². The van der Waals surface area contributed by atoms with Gasteiger partial charge in [-0.15, -0.1) is 0 Å². The van der Waals surface area contributed by atoms with E-state index in [9.17, 15) is 9.90 Å². The molecule has 96 valence electrons. The molecule has 6 heteroatoms. The minimum atomic E-state index is -1.14. The highest BCUT2D eigenvalue weighted by molar-refractivity contribution is 5.89. The molecule has 0 aliphatic carbocycles. The van der Waals surface area contributed by atoms with E-state index in [4.69, 9.17) is 5.26 Å². The molecule has 0 bridgehead atoms. The van der Waals surface area contributed by atoms with Gasteiger partial charge in [0.25, 0.3) is 0 Å². The largest absolute Gasteiger partial charge is 0.476 e. The van der Waals surface area contributed by atoms with Gasteiger partial charge in [0, 0.05) is 12.1 Å². The van der Waals surface area contributed by atoms with Crippen LogP contribution in [-0.4, -0.2) is 25.6 Å². The normalized spacial score (nSPS) is 10.4. The van der Waals surface area contributed by atoms with E-state index in [1.165, 1.54) is 10.8 Å². The van der Waals surface area contributed by atoms with Crippen molar-refractivity contribution in [1.82, 2.24) is 14.5 Å². The molecule has 0 atom stereocenters. The van der Waals surface area contributed by atoms with E-state index >= 15 is 0 Å². The number of nitriles is 1. The zero-order valence-corrected chi connectivity index (χ0v) is 10.5. The number of rotatable bonds is 3. The predicted octanol–water partition coefficient (Wildman–Crippen LogP) is 1.96. The van der Waals surface area contributed by atoms with E-state index in [1.807, 2.05) is 19.9 Å². The van der Waals surface area contributed by atoms with Crippen molar-refractivity contribution >= 4 is 5.97 Å². The van der Waals surface area contributed by atoms with Gasteiger partial charge in [0.05, 0.1) is 11.9 Å². The number of carbonyl (C=O) groups is 1. The van der Waals surface area contributed by atoms with Gasteiger partial charge in [-0.05, 0) is 12.1 Å². The second-order valence-electron chi connectivity index (χ2n) is 4.30. The van der Waals surface area contributed by atoms with E-state index < -0.39 is 5.97 Å². The molecule has 2 rings (SSSR count). The van der Waals surface area contributed by atoms with Crippen LogP contribution >= 0.6 is 0 Å². The quantitative estimate of drug-likeness (QED) is 0.906. The van der Waals surface area contributed by atoms with Crippen molar-refractivity contribution < 1.29 is 9.90 Å². The summed E-state index contributed by atoms with van der Waals surface area (Å²) in [6.45, 7) is 3.77. The molecule has 2 aromatic rings. The fourth-order valence-corrected chi connectivity index (χ4v) is 1.68. The van der Waals surface area contributed by atoms with E-state index in [2.05, 4.69) is 9.97 Å². The summed E-state index contributed by atoms with van der Waals surface area (Å²) in [6.07, 6.45) is 3.05. The third kappa shape index (κ3) is 2.31. The highest BCUT2D eigenvalue weighted by atomic mass is 16.4. The van der Waals surface area contributed by atoms with E-state index in [-0.39, 0.29) is 11.6 Å². The van der Waals surface area contributed by atoms with Gasteiger partial charge in [-0.2, -0.15) is 5.26 Å². The van der Waals surface area contributed by atoms with Crippen molar-refractivity contribution in [2.45, 2.75) is 19.8 Å². The van der Waals surface area contributed by atoms with Crippen LogP contribution in [0.2, 0.25) is 0 Å². The Hall–Kier alpha value is -2.68. The Morgan fingerprint density at radius 1 is 1.53 bits per heavy atom. The summed E-state index contributed by atoms with van der Waals surface area (Å²) in [6, 6.07) is 5.26. The van der Waals surface area contributed by atoms with Crippen molar-refractivity contribution in [2.75, 3.05) is 0 Å². The molecule has 0 spiro atoms. The first-order chi connectivity index (χ1) is 9.04. The number of carboxylic acids is 1. The average molecular weight is 256 g/mol. The summed E-state index contributed by atoms with van der Waals surface area (Å²) in [7, 11) is 0.